The van der Waals surface area contributed by atoms with Crippen LogP contribution in [0.2, 0.25) is 0 Å². The number of nitrogens with two attached hydrogens (primary N) is 1. The Morgan fingerprint density at radius 3 is 2.18 bits per heavy atom. The summed E-state index contributed by atoms with van der Waals surface area (Å²) in [5.41, 5.74) is 5.02. The van der Waals surface area contributed by atoms with E-state index in [1.54, 1.807) is 32.9 Å². The van der Waals surface area contributed by atoms with Gasteiger partial charge in [0, 0.05) is 18.5 Å². The number of phenolic OH excluding ortho intramolecular Hbond substituents is 1. The summed E-state index contributed by atoms with van der Waals surface area (Å²) in [6, 6.07) is 3.59. The summed E-state index contributed by atoms with van der Waals surface area (Å²) < 4.78 is 5.30. The molecular formula is C24H36N4O6. The number of carbonyl (C=O) groups excluding carboxylic acids is 4. The SMILES string of the molecule is CC(C)NC(=O)C(c1ccc(O)cc1)N(C(=O)C(CCC(N)=O)NC(=O)OC(C)(C)C)C1CC1. The molecule has 1 aliphatic carbocycles. The third-order valence-electron chi connectivity index (χ3n) is 5.03. The Morgan fingerprint density at radius 2 is 1.71 bits per heavy atom. The highest BCUT2D eigenvalue weighted by Crippen LogP contribution is 2.36. The first kappa shape index (κ1) is 26.9. The average Bonchev–Trinajstić information content (AvgIpc) is 3.52. The van der Waals surface area contributed by atoms with Crippen LogP contribution in [-0.4, -0.2) is 57.5 Å². The summed E-state index contributed by atoms with van der Waals surface area (Å²) in [7, 11) is 0. The molecule has 2 unspecified atom stereocenters. The number of primary amides is 1. The predicted molar refractivity (Wildman–Crippen MR) is 126 cm³/mol. The van der Waals surface area contributed by atoms with Crippen molar-refractivity contribution >= 4 is 23.8 Å². The summed E-state index contributed by atoms with van der Waals surface area (Å²) in [4.78, 5) is 52.4. The number of nitrogens with zero attached hydrogens (tertiary/aromatic N) is 1. The Hall–Kier alpha value is -3.30. The van der Waals surface area contributed by atoms with E-state index in [4.69, 9.17) is 10.5 Å². The number of hydrogen-bond acceptors (Lipinski definition) is 6. The Kier molecular flexibility index (Phi) is 8.89. The molecule has 0 aromatic heterocycles. The summed E-state index contributed by atoms with van der Waals surface area (Å²) in [5, 5.41) is 15.1. The van der Waals surface area contributed by atoms with Crippen molar-refractivity contribution in [3.05, 3.63) is 29.8 Å². The smallest absolute Gasteiger partial charge is 0.408 e. The molecule has 0 aliphatic heterocycles. The maximum absolute atomic E-state index is 13.8. The van der Waals surface area contributed by atoms with Crippen molar-refractivity contribution in [1.29, 1.82) is 0 Å². The normalized spacial score (nSPS) is 15.2. The van der Waals surface area contributed by atoms with E-state index in [1.165, 1.54) is 17.0 Å². The lowest BCUT2D eigenvalue weighted by molar-refractivity contribution is -0.143. The summed E-state index contributed by atoms with van der Waals surface area (Å²) in [5.74, 6) is -1.48. The fourth-order valence-electron chi connectivity index (χ4n) is 3.50. The van der Waals surface area contributed by atoms with Gasteiger partial charge in [-0.3, -0.25) is 14.4 Å². The fourth-order valence-corrected chi connectivity index (χ4v) is 3.50. The molecule has 10 heteroatoms. The molecule has 0 bridgehead atoms. The van der Waals surface area contributed by atoms with Crippen molar-refractivity contribution in [3.8, 4) is 5.75 Å². The first-order valence-corrected chi connectivity index (χ1v) is 11.5. The second kappa shape index (κ2) is 11.2. The minimum atomic E-state index is -1.12. The zero-order valence-corrected chi connectivity index (χ0v) is 20.5. The first-order chi connectivity index (χ1) is 15.8. The molecule has 10 nitrogen and oxygen atoms in total. The lowest BCUT2D eigenvalue weighted by Crippen LogP contribution is -2.54. The predicted octanol–water partition coefficient (Wildman–Crippen LogP) is 2.11. The van der Waals surface area contributed by atoms with E-state index in [-0.39, 0.29) is 36.6 Å². The molecule has 2 atom stereocenters. The lowest BCUT2D eigenvalue weighted by Gasteiger charge is -2.35. The van der Waals surface area contributed by atoms with Crippen LogP contribution in [0, 0.1) is 0 Å². The van der Waals surface area contributed by atoms with Gasteiger partial charge in [0.05, 0.1) is 0 Å². The Morgan fingerprint density at radius 1 is 1.12 bits per heavy atom. The van der Waals surface area contributed by atoms with Crippen LogP contribution in [-0.2, 0) is 19.1 Å². The molecule has 1 aromatic rings. The number of aromatic hydroxyl groups is 1. The molecule has 1 aromatic carbocycles. The number of rotatable bonds is 10. The van der Waals surface area contributed by atoms with E-state index in [9.17, 15) is 24.3 Å². The second-order valence-electron chi connectivity index (χ2n) is 9.84. The van der Waals surface area contributed by atoms with Crippen molar-refractivity contribution in [1.82, 2.24) is 15.5 Å². The van der Waals surface area contributed by atoms with Crippen LogP contribution in [0.5, 0.6) is 5.75 Å². The van der Waals surface area contributed by atoms with Crippen molar-refractivity contribution in [3.63, 3.8) is 0 Å². The molecule has 1 saturated carbocycles. The quantitative estimate of drug-likeness (QED) is 0.406. The zero-order chi connectivity index (χ0) is 25.6. The van der Waals surface area contributed by atoms with Crippen molar-refractivity contribution < 1.29 is 29.0 Å². The maximum Gasteiger partial charge on any atom is 0.408 e. The third kappa shape index (κ3) is 8.24. The first-order valence-electron chi connectivity index (χ1n) is 11.5. The average molecular weight is 477 g/mol. The van der Waals surface area contributed by atoms with Gasteiger partial charge in [0.15, 0.2) is 0 Å². The highest BCUT2D eigenvalue weighted by Gasteiger charge is 2.44. The molecule has 2 rings (SSSR count). The Labute approximate surface area is 200 Å². The largest absolute Gasteiger partial charge is 0.508 e. The molecule has 0 heterocycles. The van der Waals surface area contributed by atoms with Crippen LogP contribution in [0.4, 0.5) is 4.79 Å². The molecule has 1 aliphatic rings. The molecule has 0 spiro atoms. The number of amides is 4. The summed E-state index contributed by atoms with van der Waals surface area (Å²) in [6.45, 7) is 8.71. The number of nitrogens with one attached hydrogen (secondary N) is 2. The number of phenols is 1. The van der Waals surface area contributed by atoms with E-state index in [1.807, 2.05) is 13.8 Å². The molecule has 5 N–H and O–H groups in total. The van der Waals surface area contributed by atoms with Gasteiger partial charge < -0.3 is 31.1 Å². The lowest BCUT2D eigenvalue weighted by atomic mass is 10.0. The van der Waals surface area contributed by atoms with Gasteiger partial charge in [-0.2, -0.15) is 0 Å². The van der Waals surface area contributed by atoms with Crippen molar-refractivity contribution in [2.45, 2.75) is 90.1 Å². The third-order valence-corrected chi connectivity index (χ3v) is 5.03. The van der Waals surface area contributed by atoms with Gasteiger partial charge in [-0.1, -0.05) is 12.1 Å². The van der Waals surface area contributed by atoms with E-state index in [2.05, 4.69) is 10.6 Å². The topological polar surface area (TPSA) is 151 Å². The van der Waals surface area contributed by atoms with E-state index in [0.29, 0.717) is 18.4 Å². The van der Waals surface area contributed by atoms with E-state index in [0.717, 1.165) is 0 Å². The number of ether oxygens (including phenoxy) is 1. The molecule has 0 saturated heterocycles. The minimum absolute atomic E-state index is 0.0296. The van der Waals surface area contributed by atoms with Crippen LogP contribution in [0.15, 0.2) is 24.3 Å². The highest BCUT2D eigenvalue weighted by atomic mass is 16.6. The summed E-state index contributed by atoms with van der Waals surface area (Å²) >= 11 is 0. The van der Waals surface area contributed by atoms with Gasteiger partial charge in [-0.05, 0) is 71.6 Å². The monoisotopic (exact) mass is 476 g/mol. The molecule has 4 amide bonds. The fraction of sp³-hybridized carbons (Fsp3) is 0.583. The van der Waals surface area contributed by atoms with Crippen LogP contribution in [0.25, 0.3) is 0 Å². The van der Waals surface area contributed by atoms with Gasteiger partial charge in [0.25, 0.3) is 0 Å². The summed E-state index contributed by atoms with van der Waals surface area (Å²) in [6.07, 6.45) is 0.422. The molecule has 34 heavy (non-hydrogen) atoms. The minimum Gasteiger partial charge on any atom is -0.508 e. The zero-order valence-electron chi connectivity index (χ0n) is 20.5. The van der Waals surface area contributed by atoms with Gasteiger partial charge in [-0.25, -0.2) is 4.79 Å². The van der Waals surface area contributed by atoms with E-state index >= 15 is 0 Å². The Bertz CT molecular complexity index is 890. The number of carbonyl (C=O) groups is 4. The second-order valence-corrected chi connectivity index (χ2v) is 9.84. The highest BCUT2D eigenvalue weighted by molar-refractivity contribution is 5.93. The van der Waals surface area contributed by atoms with Gasteiger partial charge in [0.1, 0.15) is 23.4 Å². The van der Waals surface area contributed by atoms with Gasteiger partial charge >= 0.3 is 6.09 Å². The number of alkyl carbamates (subject to hydrolysis) is 1. The van der Waals surface area contributed by atoms with Crippen LogP contribution >= 0.6 is 0 Å². The number of hydrogen-bond donors (Lipinski definition) is 4. The number of benzene rings is 1. The van der Waals surface area contributed by atoms with Crippen LogP contribution in [0.3, 0.4) is 0 Å². The molecular weight excluding hydrogens is 440 g/mol. The molecule has 1 fully saturated rings. The van der Waals surface area contributed by atoms with Crippen molar-refractivity contribution in [2.75, 3.05) is 0 Å². The molecule has 188 valence electrons. The van der Waals surface area contributed by atoms with Gasteiger partial charge in [0.2, 0.25) is 17.7 Å². The van der Waals surface area contributed by atoms with Crippen molar-refractivity contribution in [2.24, 2.45) is 5.73 Å². The van der Waals surface area contributed by atoms with E-state index < -0.39 is 35.6 Å². The molecule has 0 radical (unpaired) electrons. The van der Waals surface area contributed by atoms with Crippen LogP contribution < -0.4 is 16.4 Å². The van der Waals surface area contributed by atoms with Gasteiger partial charge in [-0.15, -0.1) is 0 Å². The maximum atomic E-state index is 13.8. The van der Waals surface area contributed by atoms with Crippen LogP contribution in [0.1, 0.15) is 71.9 Å². The standard InChI is InChI=1S/C24H36N4O6/c1-14(2)26-21(31)20(15-6-10-17(29)11-7-15)28(16-8-9-16)22(32)18(12-13-19(25)30)27-23(33)34-24(3,4)5/h6-7,10-11,14,16,18,20,29H,8-9,12-13H2,1-5H3,(H2,25,30)(H,26,31)(H,27,33). The Balaban J connectivity index is 2.42.